The number of rotatable bonds is 4. The molecule has 1 heterocycles. The van der Waals surface area contributed by atoms with Crippen molar-refractivity contribution >= 4 is 28.6 Å². The van der Waals surface area contributed by atoms with Crippen LogP contribution < -0.4 is 15.6 Å². The summed E-state index contributed by atoms with van der Waals surface area (Å²) in [6.45, 7) is 1.35. The van der Waals surface area contributed by atoms with Crippen molar-refractivity contribution in [3.63, 3.8) is 0 Å². The van der Waals surface area contributed by atoms with Gasteiger partial charge in [-0.15, -0.1) is 0 Å². The largest absolute Gasteiger partial charge is 0.593 e. The second-order valence-corrected chi connectivity index (χ2v) is 5.99. The number of pyridine rings is 1. The summed E-state index contributed by atoms with van der Waals surface area (Å²) < 4.78 is 15.5. The number of carbonyl (C=O) groups excluding carboxylic acids is 1. The highest BCUT2D eigenvalue weighted by Crippen LogP contribution is 2.24. The van der Waals surface area contributed by atoms with Crippen molar-refractivity contribution < 1.29 is 9.35 Å². The Morgan fingerprint density at radius 3 is 2.64 bits per heavy atom. The van der Waals surface area contributed by atoms with Crippen LogP contribution in [0.25, 0.3) is 11.1 Å². The van der Waals surface area contributed by atoms with Crippen LogP contribution in [-0.2, 0) is 23.2 Å². The summed E-state index contributed by atoms with van der Waals surface area (Å²) in [4.78, 5) is 23.2. The molecule has 0 aliphatic rings. The zero-order valence-corrected chi connectivity index (χ0v) is 13.4. The summed E-state index contributed by atoms with van der Waals surface area (Å²) >= 11 is -1.16. The SMILES string of the molecule is CC(=O)Nc1cc(-c2cccc(N[S+](C)[O-])c2)cn(C)c1=O. The zero-order chi connectivity index (χ0) is 16.3. The van der Waals surface area contributed by atoms with Gasteiger partial charge in [-0.05, 0) is 23.8 Å². The van der Waals surface area contributed by atoms with Gasteiger partial charge in [0.1, 0.15) is 11.9 Å². The molecule has 1 aromatic heterocycles. The van der Waals surface area contributed by atoms with E-state index >= 15 is 0 Å². The van der Waals surface area contributed by atoms with Crippen molar-refractivity contribution in [2.24, 2.45) is 7.05 Å². The number of nitrogens with one attached hydrogen (secondary N) is 2. The topological polar surface area (TPSA) is 86.2 Å². The summed E-state index contributed by atoms with van der Waals surface area (Å²) in [7, 11) is 1.63. The van der Waals surface area contributed by atoms with E-state index in [1.165, 1.54) is 11.5 Å². The van der Waals surface area contributed by atoms with E-state index in [1.54, 1.807) is 25.6 Å². The smallest absolute Gasteiger partial charge is 0.274 e. The third-order valence-corrected chi connectivity index (χ3v) is 3.47. The second kappa shape index (κ2) is 6.67. The van der Waals surface area contributed by atoms with Gasteiger partial charge in [-0.1, -0.05) is 12.1 Å². The summed E-state index contributed by atoms with van der Waals surface area (Å²) in [6.07, 6.45) is 3.24. The molecule has 2 N–H and O–H groups in total. The van der Waals surface area contributed by atoms with Crippen LogP contribution in [0.2, 0.25) is 0 Å². The predicted molar refractivity (Wildman–Crippen MR) is 89.1 cm³/mol. The van der Waals surface area contributed by atoms with Crippen LogP contribution in [0, 0.1) is 0 Å². The van der Waals surface area contributed by atoms with E-state index in [4.69, 9.17) is 0 Å². The fourth-order valence-corrected chi connectivity index (χ4v) is 2.54. The van der Waals surface area contributed by atoms with Gasteiger partial charge in [0, 0.05) is 25.7 Å². The Kier molecular flexibility index (Phi) is 4.89. The molecule has 22 heavy (non-hydrogen) atoms. The maximum absolute atomic E-state index is 12.0. The number of hydrogen-bond donors (Lipinski definition) is 2. The molecule has 1 amide bonds. The van der Waals surface area contributed by atoms with Gasteiger partial charge in [-0.2, -0.15) is 0 Å². The van der Waals surface area contributed by atoms with Gasteiger partial charge >= 0.3 is 0 Å². The van der Waals surface area contributed by atoms with Gasteiger partial charge in [-0.25, -0.2) is 4.72 Å². The molecule has 0 saturated carbocycles. The fraction of sp³-hybridized carbons (Fsp3) is 0.200. The predicted octanol–water partition coefficient (Wildman–Crippen LogP) is 1.72. The molecule has 0 fully saturated rings. The van der Waals surface area contributed by atoms with E-state index in [0.29, 0.717) is 5.69 Å². The molecule has 6 nitrogen and oxygen atoms in total. The van der Waals surface area contributed by atoms with Crippen LogP contribution in [0.3, 0.4) is 0 Å². The molecule has 116 valence electrons. The van der Waals surface area contributed by atoms with Crippen LogP contribution >= 0.6 is 0 Å². The highest BCUT2D eigenvalue weighted by Gasteiger charge is 2.09. The summed E-state index contributed by atoms with van der Waals surface area (Å²) in [5, 5.41) is 2.53. The molecule has 1 atom stereocenters. The Balaban J connectivity index is 2.46. The van der Waals surface area contributed by atoms with E-state index in [2.05, 4.69) is 10.0 Å². The average Bonchev–Trinajstić information content (AvgIpc) is 2.42. The van der Waals surface area contributed by atoms with Gasteiger partial charge in [0.15, 0.2) is 0 Å². The van der Waals surface area contributed by atoms with Crippen molar-refractivity contribution in [2.75, 3.05) is 16.3 Å². The van der Waals surface area contributed by atoms with Crippen molar-refractivity contribution in [3.8, 4) is 11.1 Å². The summed E-state index contributed by atoms with van der Waals surface area (Å²) in [6, 6.07) is 8.97. The van der Waals surface area contributed by atoms with E-state index in [9.17, 15) is 14.1 Å². The van der Waals surface area contributed by atoms with E-state index < -0.39 is 11.4 Å². The Bertz CT molecular complexity index is 756. The lowest BCUT2D eigenvalue weighted by Gasteiger charge is -2.11. The zero-order valence-electron chi connectivity index (χ0n) is 12.5. The van der Waals surface area contributed by atoms with E-state index in [0.717, 1.165) is 11.1 Å². The molecule has 2 rings (SSSR count). The van der Waals surface area contributed by atoms with Gasteiger partial charge in [0.05, 0.1) is 17.0 Å². The molecular weight excluding hydrogens is 302 g/mol. The first-order chi connectivity index (χ1) is 10.4. The number of amides is 1. The first-order valence-corrected chi connectivity index (χ1v) is 8.11. The van der Waals surface area contributed by atoms with Gasteiger partial charge in [0.25, 0.3) is 5.56 Å². The minimum Gasteiger partial charge on any atom is -0.593 e. The average molecular weight is 319 g/mol. The fourth-order valence-electron chi connectivity index (χ4n) is 2.08. The van der Waals surface area contributed by atoms with Gasteiger partial charge in [-0.3, -0.25) is 9.59 Å². The molecule has 1 unspecified atom stereocenters. The maximum atomic E-state index is 12.0. The molecule has 0 aliphatic carbocycles. The van der Waals surface area contributed by atoms with Crippen LogP contribution in [-0.4, -0.2) is 21.3 Å². The Labute approximate surface area is 131 Å². The Morgan fingerprint density at radius 1 is 1.27 bits per heavy atom. The molecule has 0 aliphatic heterocycles. The Hall–Kier alpha value is -2.25. The number of carbonyl (C=O) groups is 1. The highest BCUT2D eigenvalue weighted by molar-refractivity contribution is 7.92. The minimum absolute atomic E-state index is 0.227. The summed E-state index contributed by atoms with van der Waals surface area (Å²) in [5.41, 5.74) is 2.29. The number of anilines is 2. The number of aromatic nitrogens is 1. The number of nitrogens with zero attached hydrogens (tertiary/aromatic N) is 1. The summed E-state index contributed by atoms with van der Waals surface area (Å²) in [5.74, 6) is -0.300. The molecular formula is C15H17N3O3S. The number of benzene rings is 1. The van der Waals surface area contributed by atoms with Gasteiger partial charge in [0.2, 0.25) is 5.91 Å². The van der Waals surface area contributed by atoms with Crippen LogP contribution in [0.4, 0.5) is 11.4 Å². The number of aryl methyl sites for hydroxylation is 1. The lowest BCUT2D eigenvalue weighted by Crippen LogP contribution is -2.22. The monoisotopic (exact) mass is 319 g/mol. The third-order valence-electron chi connectivity index (χ3n) is 2.95. The number of hydrogen-bond acceptors (Lipinski definition) is 4. The first kappa shape index (κ1) is 16.1. The van der Waals surface area contributed by atoms with E-state index in [1.807, 2.05) is 24.3 Å². The normalized spacial score (nSPS) is 11.8. The standard InChI is InChI=1S/C15H17N3O3S/c1-10(19)16-14-8-12(9-18(2)15(14)20)11-5-4-6-13(7-11)17-22(3)21/h4-9,17H,1-3H3,(H,16,19). The Morgan fingerprint density at radius 2 is 2.00 bits per heavy atom. The molecule has 0 bridgehead atoms. The molecule has 0 saturated heterocycles. The maximum Gasteiger partial charge on any atom is 0.274 e. The minimum atomic E-state index is -1.16. The molecule has 0 radical (unpaired) electrons. The quantitative estimate of drug-likeness (QED) is 0.840. The lowest BCUT2D eigenvalue weighted by molar-refractivity contribution is -0.114. The highest BCUT2D eigenvalue weighted by atomic mass is 32.2. The molecule has 1 aromatic carbocycles. The van der Waals surface area contributed by atoms with E-state index in [-0.39, 0.29) is 17.2 Å². The van der Waals surface area contributed by atoms with Crippen LogP contribution in [0.15, 0.2) is 41.3 Å². The van der Waals surface area contributed by atoms with Crippen LogP contribution in [0.1, 0.15) is 6.92 Å². The molecule has 2 aromatic rings. The van der Waals surface area contributed by atoms with Crippen molar-refractivity contribution in [2.45, 2.75) is 6.92 Å². The lowest BCUT2D eigenvalue weighted by atomic mass is 10.1. The van der Waals surface area contributed by atoms with Crippen molar-refractivity contribution in [3.05, 3.63) is 46.9 Å². The second-order valence-electron chi connectivity index (χ2n) is 4.88. The van der Waals surface area contributed by atoms with Crippen molar-refractivity contribution in [1.29, 1.82) is 0 Å². The van der Waals surface area contributed by atoms with Gasteiger partial charge < -0.3 is 14.4 Å². The first-order valence-electron chi connectivity index (χ1n) is 6.55. The third kappa shape index (κ3) is 3.90. The molecule has 7 heteroatoms. The van der Waals surface area contributed by atoms with Crippen LogP contribution in [0.5, 0.6) is 0 Å². The molecule has 0 spiro atoms. The van der Waals surface area contributed by atoms with Crippen molar-refractivity contribution in [1.82, 2.24) is 4.57 Å².